The van der Waals surface area contributed by atoms with Gasteiger partial charge in [-0.2, -0.15) is 0 Å². The summed E-state index contributed by atoms with van der Waals surface area (Å²) in [5.41, 5.74) is 11.4. The highest BCUT2D eigenvalue weighted by molar-refractivity contribution is 7.17. The van der Waals surface area contributed by atoms with Crippen LogP contribution in [-0.2, 0) is 0 Å². The number of fused-ring (bicyclic) bond motifs is 4. The first kappa shape index (κ1) is 31.8. The quantitative estimate of drug-likeness (QED) is 0.156. The molecule has 0 N–H and O–H groups in total. The first-order valence-electron chi connectivity index (χ1n) is 18.2. The van der Waals surface area contributed by atoms with Gasteiger partial charge in [0.2, 0.25) is 0 Å². The summed E-state index contributed by atoms with van der Waals surface area (Å²) in [5, 5.41) is 7.10. The molecular formula is C50H35N3S. The van der Waals surface area contributed by atoms with Crippen LogP contribution in [-0.4, -0.2) is 4.57 Å². The van der Waals surface area contributed by atoms with Crippen molar-refractivity contribution in [2.75, 3.05) is 9.80 Å². The zero-order valence-corrected chi connectivity index (χ0v) is 30.3. The molecule has 10 rings (SSSR count). The van der Waals surface area contributed by atoms with Crippen molar-refractivity contribution in [3.8, 4) is 16.8 Å². The molecule has 0 saturated heterocycles. The highest BCUT2D eigenvalue weighted by Crippen LogP contribution is 2.43. The first-order chi connectivity index (χ1) is 26.8. The van der Waals surface area contributed by atoms with Crippen molar-refractivity contribution in [1.82, 2.24) is 4.57 Å². The Morgan fingerprint density at radius 3 is 1.81 bits per heavy atom. The number of para-hydroxylation sites is 3. The van der Waals surface area contributed by atoms with E-state index >= 15 is 0 Å². The van der Waals surface area contributed by atoms with Gasteiger partial charge in [-0.25, -0.2) is 0 Å². The molecule has 8 aromatic carbocycles. The summed E-state index contributed by atoms with van der Waals surface area (Å²) >= 11 is 1.78. The Morgan fingerprint density at radius 1 is 0.389 bits per heavy atom. The van der Waals surface area contributed by atoms with Gasteiger partial charge in [0.1, 0.15) is 0 Å². The van der Waals surface area contributed by atoms with Crippen LogP contribution in [0.1, 0.15) is 0 Å². The molecule has 0 aliphatic rings. The third kappa shape index (κ3) is 5.70. The second kappa shape index (κ2) is 13.6. The Labute approximate surface area is 318 Å². The molecule has 0 unspecified atom stereocenters. The highest BCUT2D eigenvalue weighted by Gasteiger charge is 2.18. The Kier molecular flexibility index (Phi) is 8.01. The van der Waals surface area contributed by atoms with Crippen LogP contribution in [0.4, 0.5) is 34.1 Å². The Hall–Kier alpha value is -6.88. The minimum absolute atomic E-state index is 1.10. The maximum Gasteiger partial charge on any atom is 0.0540 e. The zero-order chi connectivity index (χ0) is 35.8. The lowest BCUT2D eigenvalue weighted by Crippen LogP contribution is -2.10. The molecule has 3 nitrogen and oxygen atoms in total. The van der Waals surface area contributed by atoms with E-state index in [0.29, 0.717) is 0 Å². The lowest BCUT2D eigenvalue weighted by molar-refractivity contribution is 1.13. The number of benzene rings is 8. The molecule has 0 radical (unpaired) electrons. The maximum atomic E-state index is 2.39. The van der Waals surface area contributed by atoms with Gasteiger partial charge in [-0.3, -0.25) is 0 Å². The first-order valence-corrected chi connectivity index (χ1v) is 19.1. The molecule has 2 heterocycles. The zero-order valence-electron chi connectivity index (χ0n) is 29.5. The number of nitrogens with zero attached hydrogens (tertiary/aromatic N) is 3. The fourth-order valence-electron chi connectivity index (χ4n) is 7.72. The monoisotopic (exact) mass is 709 g/mol. The van der Waals surface area contributed by atoms with Gasteiger partial charge in [-0.15, -0.1) is 11.3 Å². The molecule has 0 amide bonds. The summed E-state index contributed by atoms with van der Waals surface area (Å²) in [5.74, 6) is 0. The van der Waals surface area contributed by atoms with Crippen molar-refractivity contribution in [2.45, 2.75) is 0 Å². The van der Waals surface area contributed by atoms with E-state index in [1.54, 1.807) is 11.3 Å². The van der Waals surface area contributed by atoms with Gasteiger partial charge < -0.3 is 14.4 Å². The second-order valence-electron chi connectivity index (χ2n) is 13.5. The Morgan fingerprint density at radius 2 is 1.04 bits per heavy atom. The molecule has 256 valence electrons. The Balaban J connectivity index is 1.05. The summed E-state index contributed by atoms with van der Waals surface area (Å²) in [6.07, 6.45) is 2.18. The highest BCUT2D eigenvalue weighted by atomic mass is 32.1. The number of anilines is 6. The fraction of sp³-hybridized carbons (Fsp3) is 0. The minimum atomic E-state index is 1.10. The van der Waals surface area contributed by atoms with E-state index in [-0.39, 0.29) is 0 Å². The van der Waals surface area contributed by atoms with Gasteiger partial charge in [-0.05, 0) is 124 Å². The predicted molar refractivity (Wildman–Crippen MR) is 231 cm³/mol. The van der Waals surface area contributed by atoms with Crippen molar-refractivity contribution >= 4 is 77.2 Å². The molecule has 2 aromatic heterocycles. The molecule has 0 aliphatic carbocycles. The lowest BCUT2D eigenvalue weighted by Gasteiger charge is -2.27. The van der Waals surface area contributed by atoms with Gasteiger partial charge in [0, 0.05) is 55.8 Å². The molecular weight excluding hydrogens is 675 g/mol. The molecule has 0 spiro atoms. The molecule has 10 aromatic rings. The predicted octanol–water partition coefficient (Wildman–Crippen LogP) is 14.6. The van der Waals surface area contributed by atoms with E-state index in [1.807, 2.05) is 0 Å². The second-order valence-corrected chi connectivity index (χ2v) is 14.4. The number of rotatable bonds is 8. The smallest absolute Gasteiger partial charge is 0.0540 e. The molecule has 0 bridgehead atoms. The summed E-state index contributed by atoms with van der Waals surface area (Å²) < 4.78 is 3.55. The van der Waals surface area contributed by atoms with Crippen LogP contribution in [0.2, 0.25) is 0 Å². The van der Waals surface area contributed by atoms with Gasteiger partial charge in [0.05, 0.1) is 11.2 Å². The van der Waals surface area contributed by atoms with Crippen molar-refractivity contribution in [1.29, 1.82) is 0 Å². The minimum Gasteiger partial charge on any atom is -0.317 e. The van der Waals surface area contributed by atoms with Crippen molar-refractivity contribution in [2.24, 2.45) is 0 Å². The van der Waals surface area contributed by atoms with Crippen LogP contribution >= 0.6 is 11.3 Å². The van der Waals surface area contributed by atoms with E-state index in [9.17, 15) is 0 Å². The molecule has 0 saturated carbocycles. The maximum absolute atomic E-state index is 2.39. The molecule has 0 atom stereocenters. The molecule has 0 fully saturated rings. The van der Waals surface area contributed by atoms with Crippen LogP contribution < -0.4 is 9.80 Å². The van der Waals surface area contributed by atoms with E-state index in [1.165, 1.54) is 31.8 Å². The van der Waals surface area contributed by atoms with Crippen molar-refractivity contribution in [3.05, 3.63) is 212 Å². The van der Waals surface area contributed by atoms with Crippen LogP contribution in [0, 0.1) is 0 Å². The molecule has 54 heavy (non-hydrogen) atoms. The topological polar surface area (TPSA) is 11.4 Å². The Bertz CT molecular complexity index is 2880. The van der Waals surface area contributed by atoms with E-state index in [0.717, 1.165) is 50.9 Å². The van der Waals surface area contributed by atoms with Crippen LogP contribution in [0.25, 0.3) is 48.6 Å². The van der Waals surface area contributed by atoms with E-state index in [2.05, 4.69) is 226 Å². The van der Waals surface area contributed by atoms with E-state index in [4.69, 9.17) is 0 Å². The van der Waals surface area contributed by atoms with E-state index < -0.39 is 0 Å². The third-order valence-electron chi connectivity index (χ3n) is 10.3. The van der Waals surface area contributed by atoms with Crippen LogP contribution in [0.5, 0.6) is 0 Å². The van der Waals surface area contributed by atoms with Crippen molar-refractivity contribution < 1.29 is 0 Å². The fourth-order valence-corrected chi connectivity index (χ4v) is 8.54. The number of hydrogen-bond acceptors (Lipinski definition) is 3. The number of aromatic nitrogens is 1. The van der Waals surface area contributed by atoms with Gasteiger partial charge in [-0.1, -0.05) is 103 Å². The molecule has 0 aliphatic heterocycles. The summed E-state index contributed by atoms with van der Waals surface area (Å²) in [4.78, 5) is 4.72. The van der Waals surface area contributed by atoms with Gasteiger partial charge in [0.15, 0.2) is 0 Å². The van der Waals surface area contributed by atoms with Crippen molar-refractivity contribution in [3.63, 3.8) is 0 Å². The van der Waals surface area contributed by atoms with Crippen LogP contribution in [0.3, 0.4) is 0 Å². The van der Waals surface area contributed by atoms with Gasteiger partial charge in [0.25, 0.3) is 0 Å². The third-order valence-corrected chi connectivity index (χ3v) is 11.2. The average molecular weight is 710 g/mol. The van der Waals surface area contributed by atoms with Gasteiger partial charge >= 0.3 is 0 Å². The standard InChI is InChI=1S/C50H35N3S/c1-4-13-39(14-5-1)51-32-30-47-45-20-11-21-49(46(45)28-29-48(47)51)53(41-17-8-3-9-18-41)43-19-10-12-38(34-43)36-22-25-42(26-23-36)52(40-15-6-2-7-16-40)44-27-24-37-31-33-54-50(37)35-44/h1-35H. The summed E-state index contributed by atoms with van der Waals surface area (Å²) in [7, 11) is 0. The SMILES string of the molecule is c1ccc(N(c2ccc(-c3cccc(N(c4ccccc4)c4cccc5c4ccc4c5ccn4-c4ccccc4)c3)cc2)c2ccc3ccsc3c2)cc1. The number of hydrogen-bond donors (Lipinski definition) is 0. The molecule has 4 heteroatoms. The van der Waals surface area contributed by atoms with Crippen LogP contribution in [0.15, 0.2) is 212 Å². The normalized spacial score (nSPS) is 11.3. The number of thiophene rings is 1. The summed E-state index contributed by atoms with van der Waals surface area (Å²) in [6.45, 7) is 0. The lowest BCUT2D eigenvalue weighted by atomic mass is 10.0. The summed E-state index contributed by atoms with van der Waals surface area (Å²) in [6, 6.07) is 72.1. The average Bonchev–Trinajstić information content (AvgIpc) is 3.90. The largest absolute Gasteiger partial charge is 0.317 e.